The zero-order chi connectivity index (χ0) is 8.31. The molecule has 0 N–H and O–H groups in total. The Kier molecular flexibility index (Phi) is 4.80. The number of hydrogen-bond acceptors (Lipinski definition) is 0. The fourth-order valence-corrected chi connectivity index (χ4v) is 0.770. The lowest BCUT2D eigenvalue weighted by molar-refractivity contribution is 3.52. The topological polar surface area (TPSA) is 0 Å². The van der Waals surface area contributed by atoms with Crippen LogP contribution in [0.1, 0.15) is 0 Å². The molecule has 10 heteroatoms. The van der Waals surface area contributed by atoms with Crippen molar-refractivity contribution in [1.82, 2.24) is 0 Å². The van der Waals surface area contributed by atoms with Crippen LogP contribution in [0.3, 0.4) is 0 Å². The van der Waals surface area contributed by atoms with E-state index in [2.05, 4.69) is 0 Å². The highest BCUT2D eigenvalue weighted by molar-refractivity contribution is 8.00. The van der Waals surface area contributed by atoms with E-state index >= 15 is 0 Å². The van der Waals surface area contributed by atoms with Crippen molar-refractivity contribution in [3.63, 3.8) is 0 Å². The lowest BCUT2D eigenvalue weighted by Crippen LogP contribution is -2.62. The lowest BCUT2D eigenvalue weighted by atomic mass is 8.58. The van der Waals surface area contributed by atoms with Crippen LogP contribution in [0.2, 0.25) is 0 Å². The Morgan fingerprint density at radius 3 is 0.700 bits per heavy atom. The molecule has 12 radical (unpaired) electrons. The van der Waals surface area contributed by atoms with Crippen LogP contribution in [0.4, 0.5) is 0 Å². The van der Waals surface area contributed by atoms with Gasteiger partial charge < -0.3 is 0 Å². The number of hydrogen-bond donors (Lipinski definition) is 0. The van der Waals surface area contributed by atoms with Crippen molar-refractivity contribution in [3.05, 3.63) is 0 Å². The summed E-state index contributed by atoms with van der Waals surface area (Å²) in [7, 11) is 31.8. The average Bonchev–Trinajstić information content (AvgIpc) is 1.59. The van der Waals surface area contributed by atoms with Crippen LogP contribution in [0, 0.1) is 0 Å². The van der Waals surface area contributed by atoms with Crippen molar-refractivity contribution in [3.8, 4) is 0 Å². The Balaban J connectivity index is 3.98. The van der Waals surface area contributed by atoms with E-state index in [9.17, 15) is 0 Å². The molecule has 0 aromatic carbocycles. The second kappa shape index (κ2) is 4.51. The van der Waals surface area contributed by atoms with Gasteiger partial charge in [0.1, 0.15) is 0 Å². The maximum atomic E-state index is 5.30. The molecule has 0 heterocycles. The Morgan fingerprint density at radius 2 is 0.700 bits per heavy atom. The summed E-state index contributed by atoms with van der Waals surface area (Å²) in [6.45, 7) is 0. The predicted octanol–water partition coefficient (Wildman–Crippen LogP) is -3.81. The summed E-state index contributed by atoms with van der Waals surface area (Å²) in [6, 6.07) is 0. The molecule has 0 aliphatic carbocycles. The molecule has 0 aromatic heterocycles. The van der Waals surface area contributed by atoms with Gasteiger partial charge in [0.2, 0.25) is 0 Å². The first kappa shape index (κ1) is 10.6. The highest BCUT2D eigenvalue weighted by atomic mass is 13.1. The highest BCUT2D eigenvalue weighted by Crippen LogP contribution is 1.86. The minimum atomic E-state index is -0.667. The third kappa shape index (κ3) is 3.16. The van der Waals surface area contributed by atoms with E-state index in [0.717, 1.165) is 0 Å². The van der Waals surface area contributed by atoms with Crippen molar-refractivity contribution in [2.24, 2.45) is 0 Å². The van der Waals surface area contributed by atoms with Crippen molar-refractivity contribution in [2.75, 3.05) is 0 Å². The zero-order valence-corrected chi connectivity index (χ0v) is 5.77. The first-order valence-electron chi connectivity index (χ1n) is 3.00. The van der Waals surface area contributed by atoms with Gasteiger partial charge >= 0.3 is 0 Å². The van der Waals surface area contributed by atoms with Crippen LogP contribution in [0.15, 0.2) is 0 Å². The quantitative estimate of drug-likeness (QED) is 0.325. The van der Waals surface area contributed by atoms with E-state index in [1.165, 1.54) is 0 Å². The Hall–Kier alpha value is 0.649. The second-order valence-electron chi connectivity index (χ2n) is 2.31. The molecule has 0 rings (SSSR count). The third-order valence-corrected chi connectivity index (χ3v) is 1.33. The van der Waals surface area contributed by atoms with Gasteiger partial charge in [-0.25, -0.2) is 0 Å². The molecule has 0 saturated heterocycles. The molecule has 30 valence electrons. The van der Waals surface area contributed by atoms with Crippen LogP contribution in [0.5, 0.6) is 0 Å². The smallest absolute Gasteiger partial charge is 0 e. The monoisotopic (exact) mass is 110 g/mol. The summed E-state index contributed by atoms with van der Waals surface area (Å²) in [4.78, 5) is 0. The predicted molar refractivity (Wildman–Crippen MR) is 57.5 cm³/mol. The summed E-state index contributed by atoms with van der Waals surface area (Å²) in [5, 5.41) is 0. The van der Waals surface area contributed by atoms with Gasteiger partial charge in [-0.2, -0.15) is 0 Å². The molecule has 0 unspecified atom stereocenters. The molecule has 10 heavy (non-hydrogen) atoms. The van der Waals surface area contributed by atoms with Crippen LogP contribution in [0.25, 0.3) is 0 Å². The van der Waals surface area contributed by atoms with E-state index < -0.39 is 25.5 Å². The van der Waals surface area contributed by atoms with Crippen molar-refractivity contribution < 1.29 is 0 Å². The Morgan fingerprint density at radius 1 is 0.500 bits per heavy atom. The summed E-state index contributed by atoms with van der Waals surface area (Å²) in [5.74, 6) is 0. The fourth-order valence-electron chi connectivity index (χ4n) is 0.770. The highest BCUT2D eigenvalue weighted by Gasteiger charge is 2.24. The third-order valence-electron chi connectivity index (χ3n) is 1.33. The SMILES string of the molecule is [B]B([B])B(B([B])[B])B([B])[B]. The van der Waals surface area contributed by atoms with E-state index in [1.807, 2.05) is 0 Å². The van der Waals surface area contributed by atoms with Gasteiger partial charge in [-0.3, -0.25) is 0 Å². The molecule has 0 amide bonds. The summed E-state index contributed by atoms with van der Waals surface area (Å²) < 4.78 is 0. The van der Waals surface area contributed by atoms with Crippen molar-refractivity contribution in [2.45, 2.75) is 0 Å². The van der Waals surface area contributed by atoms with Gasteiger partial charge in [-0.15, -0.1) is 0 Å². The van der Waals surface area contributed by atoms with Crippen LogP contribution < -0.4 is 0 Å². The average molecular weight is 108 g/mol. The summed E-state index contributed by atoms with van der Waals surface area (Å²) in [6.07, 6.45) is -2.44. The van der Waals surface area contributed by atoms with Crippen molar-refractivity contribution in [1.29, 1.82) is 0 Å². The minimum absolute atomic E-state index is 0.444. The first-order chi connectivity index (χ1) is 4.46. The standard InChI is InChI=1S/B10/c1-7(2)10(8(3)4)9(5)6. The van der Waals surface area contributed by atoms with Gasteiger partial charge in [0.05, 0.1) is 0 Å². The molecule has 0 atom stereocenters. The van der Waals surface area contributed by atoms with Crippen LogP contribution >= 0.6 is 0 Å². The van der Waals surface area contributed by atoms with Crippen LogP contribution in [-0.4, -0.2) is 72.0 Å². The molecule has 0 nitrogen and oxygen atoms in total. The van der Waals surface area contributed by atoms with E-state index in [0.29, 0.717) is 0 Å². The molecule has 0 saturated carbocycles. The van der Waals surface area contributed by atoms with Gasteiger partial charge in [-0.1, -0.05) is 0 Å². The Labute approximate surface area is 72.4 Å². The summed E-state index contributed by atoms with van der Waals surface area (Å²) in [5.41, 5.74) is 0. The lowest BCUT2D eigenvalue weighted by Gasteiger charge is -2.23. The molecule has 0 spiro atoms. The molecule has 0 aliphatic rings. The summed E-state index contributed by atoms with van der Waals surface area (Å²) >= 11 is 0. The molecule has 0 fully saturated rings. The molecular formula is B10. The van der Waals surface area contributed by atoms with Gasteiger partial charge in [-0.05, 0) is 0 Å². The van der Waals surface area contributed by atoms with Gasteiger partial charge in [0.25, 0.3) is 0 Å². The maximum Gasteiger partial charge on any atom is 0 e. The minimum Gasteiger partial charge on any atom is 0 e. The fraction of sp³-hybridized carbons (Fsp3) is 0. The second-order valence-corrected chi connectivity index (χ2v) is 2.31. The largest absolute Gasteiger partial charge is 0 e. The van der Waals surface area contributed by atoms with Gasteiger partial charge in [0.15, 0.2) is 0 Å². The molecular weight excluding hydrogens is 108 g/mol. The molecule has 0 aliphatic heterocycles. The van der Waals surface area contributed by atoms with Gasteiger partial charge in [0, 0.05) is 72.0 Å². The normalized spacial score (nSPS) is 8.40. The maximum absolute atomic E-state index is 5.30. The number of rotatable bonds is 3. The molecule has 0 aromatic rings. The zero-order valence-electron chi connectivity index (χ0n) is 5.77. The Bertz CT molecular complexity index is 61.0. The van der Waals surface area contributed by atoms with Crippen LogP contribution in [-0.2, 0) is 0 Å². The first-order valence-corrected chi connectivity index (χ1v) is 3.00. The van der Waals surface area contributed by atoms with Crippen molar-refractivity contribution >= 4 is 72.0 Å². The van der Waals surface area contributed by atoms with E-state index in [-0.39, 0.29) is 0 Å². The molecule has 0 bridgehead atoms. The van der Waals surface area contributed by atoms with E-state index in [1.54, 1.807) is 0 Å². The van der Waals surface area contributed by atoms with E-state index in [4.69, 9.17) is 46.4 Å².